The topological polar surface area (TPSA) is 24.9 Å². The molecule has 1 heterocycles. The Labute approximate surface area is 109 Å². The lowest BCUT2D eigenvalue weighted by Gasteiger charge is -2.32. The Bertz CT molecular complexity index is 382. The van der Waals surface area contributed by atoms with E-state index in [1.165, 1.54) is 19.3 Å². The van der Waals surface area contributed by atoms with Crippen LogP contribution >= 0.6 is 11.6 Å². The normalized spacial score (nSPS) is 29.1. The van der Waals surface area contributed by atoms with Crippen LogP contribution in [-0.2, 0) is 0 Å². The van der Waals surface area contributed by atoms with Crippen LogP contribution < -0.4 is 5.32 Å². The second-order valence-electron chi connectivity index (χ2n) is 5.53. The van der Waals surface area contributed by atoms with E-state index >= 15 is 0 Å². The molecule has 0 amide bonds. The molecule has 2 atom stereocenters. The van der Waals surface area contributed by atoms with Gasteiger partial charge in [0.15, 0.2) is 0 Å². The van der Waals surface area contributed by atoms with Crippen molar-refractivity contribution in [3.63, 3.8) is 0 Å². The third-order valence-electron chi connectivity index (χ3n) is 3.59. The Morgan fingerprint density at radius 2 is 1.82 bits per heavy atom. The zero-order valence-electron chi connectivity index (χ0n) is 10.8. The molecule has 0 saturated heterocycles. The summed E-state index contributed by atoms with van der Waals surface area (Å²) in [6.45, 7) is 6.69. The molecule has 0 aromatic carbocycles. The van der Waals surface area contributed by atoms with Crippen molar-refractivity contribution in [1.29, 1.82) is 0 Å². The average molecular weight is 253 g/mol. The van der Waals surface area contributed by atoms with E-state index in [2.05, 4.69) is 24.1 Å². The molecule has 1 aromatic rings. The molecule has 0 radical (unpaired) electrons. The molecule has 1 aliphatic carbocycles. The van der Waals surface area contributed by atoms with Crippen LogP contribution in [0.25, 0.3) is 0 Å². The minimum Gasteiger partial charge on any atom is -0.381 e. The van der Waals surface area contributed by atoms with E-state index in [0.717, 1.165) is 23.2 Å². The van der Waals surface area contributed by atoms with Crippen LogP contribution in [0, 0.1) is 18.8 Å². The van der Waals surface area contributed by atoms with Gasteiger partial charge in [-0.25, -0.2) is 4.98 Å². The highest BCUT2D eigenvalue weighted by atomic mass is 35.5. The van der Waals surface area contributed by atoms with Crippen LogP contribution in [-0.4, -0.2) is 11.0 Å². The maximum absolute atomic E-state index is 5.87. The number of aromatic nitrogens is 1. The van der Waals surface area contributed by atoms with E-state index in [1.54, 1.807) is 0 Å². The monoisotopic (exact) mass is 252 g/mol. The second-order valence-corrected chi connectivity index (χ2v) is 5.91. The van der Waals surface area contributed by atoms with E-state index in [0.29, 0.717) is 11.2 Å². The van der Waals surface area contributed by atoms with Crippen molar-refractivity contribution < 1.29 is 0 Å². The van der Waals surface area contributed by atoms with Gasteiger partial charge in [0.25, 0.3) is 0 Å². The van der Waals surface area contributed by atoms with Crippen molar-refractivity contribution in [1.82, 2.24) is 4.98 Å². The van der Waals surface area contributed by atoms with Gasteiger partial charge < -0.3 is 5.32 Å². The Morgan fingerprint density at radius 3 is 2.41 bits per heavy atom. The van der Waals surface area contributed by atoms with Crippen molar-refractivity contribution in [3.8, 4) is 0 Å². The van der Waals surface area contributed by atoms with Gasteiger partial charge in [0.2, 0.25) is 0 Å². The Hall–Kier alpha value is -0.760. The summed E-state index contributed by atoms with van der Waals surface area (Å²) in [4.78, 5) is 4.28. The van der Waals surface area contributed by atoms with Crippen molar-refractivity contribution in [3.05, 3.63) is 23.0 Å². The van der Waals surface area contributed by atoms with E-state index in [-0.39, 0.29) is 0 Å². The molecule has 1 fully saturated rings. The van der Waals surface area contributed by atoms with Gasteiger partial charge in [0.05, 0.1) is 11.4 Å². The first-order valence-electron chi connectivity index (χ1n) is 6.44. The molecule has 2 nitrogen and oxygen atoms in total. The van der Waals surface area contributed by atoms with Gasteiger partial charge in [-0.05, 0) is 50.2 Å². The lowest BCUT2D eigenvalue weighted by molar-refractivity contribution is 0.281. The maximum Gasteiger partial charge on any atom is 0.129 e. The van der Waals surface area contributed by atoms with E-state index in [4.69, 9.17) is 11.6 Å². The van der Waals surface area contributed by atoms with Crippen molar-refractivity contribution in [2.45, 2.75) is 46.1 Å². The Balaban J connectivity index is 2.04. The predicted molar refractivity (Wildman–Crippen MR) is 73.6 cm³/mol. The predicted octanol–water partition coefficient (Wildman–Crippen LogP) is 4.28. The number of hydrogen-bond acceptors (Lipinski definition) is 2. The first kappa shape index (κ1) is 12.7. The van der Waals surface area contributed by atoms with Crippen LogP contribution in [0.3, 0.4) is 0 Å². The van der Waals surface area contributed by atoms with Crippen molar-refractivity contribution in [2.24, 2.45) is 11.8 Å². The van der Waals surface area contributed by atoms with Crippen molar-refractivity contribution in [2.75, 3.05) is 5.32 Å². The highest BCUT2D eigenvalue weighted by molar-refractivity contribution is 6.29. The summed E-state index contributed by atoms with van der Waals surface area (Å²) < 4.78 is 0. The van der Waals surface area contributed by atoms with Gasteiger partial charge in [0.1, 0.15) is 5.15 Å². The van der Waals surface area contributed by atoms with Gasteiger partial charge in [-0.3, -0.25) is 0 Å². The van der Waals surface area contributed by atoms with Crippen LogP contribution in [0.4, 0.5) is 5.69 Å². The van der Waals surface area contributed by atoms with Crippen LogP contribution in [0.1, 0.15) is 38.8 Å². The summed E-state index contributed by atoms with van der Waals surface area (Å²) in [5, 5.41) is 4.18. The summed E-state index contributed by atoms with van der Waals surface area (Å²) in [5.74, 6) is 1.63. The number of pyridine rings is 1. The summed E-state index contributed by atoms with van der Waals surface area (Å²) >= 11 is 5.87. The highest BCUT2D eigenvalue weighted by Gasteiger charge is 2.24. The zero-order valence-corrected chi connectivity index (χ0v) is 11.6. The molecule has 1 aliphatic rings. The number of hydrogen-bond donors (Lipinski definition) is 1. The van der Waals surface area contributed by atoms with Crippen LogP contribution in [0.5, 0.6) is 0 Å². The van der Waals surface area contributed by atoms with Gasteiger partial charge in [-0.2, -0.15) is 0 Å². The molecular weight excluding hydrogens is 232 g/mol. The molecule has 0 spiro atoms. The quantitative estimate of drug-likeness (QED) is 0.795. The van der Waals surface area contributed by atoms with Gasteiger partial charge in [-0.15, -0.1) is 0 Å². The first-order chi connectivity index (χ1) is 8.04. The zero-order chi connectivity index (χ0) is 12.4. The molecule has 1 saturated carbocycles. The molecular formula is C14H21ClN2. The largest absolute Gasteiger partial charge is 0.381 e. The Morgan fingerprint density at radius 1 is 1.18 bits per heavy atom. The van der Waals surface area contributed by atoms with E-state index < -0.39 is 0 Å². The first-order valence-corrected chi connectivity index (χ1v) is 6.82. The van der Waals surface area contributed by atoms with Crippen LogP contribution in [0.15, 0.2) is 12.1 Å². The summed E-state index contributed by atoms with van der Waals surface area (Å²) in [5.41, 5.74) is 2.11. The molecule has 94 valence electrons. The fourth-order valence-electron chi connectivity index (χ4n) is 2.97. The number of anilines is 1. The highest BCUT2D eigenvalue weighted by Crippen LogP contribution is 2.31. The lowest BCUT2D eigenvalue weighted by Crippen LogP contribution is -2.30. The molecule has 0 bridgehead atoms. The molecule has 17 heavy (non-hydrogen) atoms. The summed E-state index contributed by atoms with van der Waals surface area (Å²) in [7, 11) is 0. The molecule has 3 heteroatoms. The molecule has 1 aromatic heterocycles. The smallest absolute Gasteiger partial charge is 0.129 e. The standard InChI is InChI=1S/C14H21ClN2/c1-9-6-10(2)8-12(7-9)17-13-4-5-14(15)16-11(13)3/h4-5,9-10,12,17H,6-8H2,1-3H3. The fourth-order valence-corrected chi connectivity index (χ4v) is 3.16. The van der Waals surface area contributed by atoms with E-state index in [1.807, 2.05) is 19.1 Å². The van der Waals surface area contributed by atoms with Gasteiger partial charge >= 0.3 is 0 Å². The number of nitrogens with zero attached hydrogens (tertiary/aromatic N) is 1. The lowest BCUT2D eigenvalue weighted by atomic mass is 9.80. The fraction of sp³-hybridized carbons (Fsp3) is 0.643. The third-order valence-corrected chi connectivity index (χ3v) is 3.80. The molecule has 1 N–H and O–H groups in total. The minimum atomic E-state index is 0.568. The number of rotatable bonds is 2. The molecule has 2 unspecified atom stereocenters. The minimum absolute atomic E-state index is 0.568. The van der Waals surface area contributed by atoms with Crippen LogP contribution in [0.2, 0.25) is 5.15 Å². The van der Waals surface area contributed by atoms with E-state index in [9.17, 15) is 0 Å². The summed E-state index contributed by atoms with van der Waals surface area (Å²) in [6.07, 6.45) is 3.87. The molecule has 2 rings (SSSR count). The number of aryl methyl sites for hydroxylation is 1. The van der Waals surface area contributed by atoms with Gasteiger partial charge in [-0.1, -0.05) is 25.4 Å². The molecule has 0 aliphatic heterocycles. The second kappa shape index (κ2) is 5.26. The van der Waals surface area contributed by atoms with Gasteiger partial charge in [0, 0.05) is 6.04 Å². The number of halogens is 1. The number of nitrogens with one attached hydrogen (secondary N) is 1. The summed E-state index contributed by atoms with van der Waals surface area (Å²) in [6, 6.07) is 4.47. The SMILES string of the molecule is Cc1nc(Cl)ccc1NC1CC(C)CC(C)C1. The van der Waals surface area contributed by atoms with Crippen molar-refractivity contribution >= 4 is 17.3 Å². The average Bonchev–Trinajstić information content (AvgIpc) is 2.21. The third kappa shape index (κ3) is 3.35. The maximum atomic E-state index is 5.87. The Kier molecular flexibility index (Phi) is 3.93.